The summed E-state index contributed by atoms with van der Waals surface area (Å²) in [5, 5.41) is 0.804. The molecule has 0 saturated carbocycles. The Kier molecular flexibility index (Phi) is 6.92. The fourth-order valence-corrected chi connectivity index (χ4v) is 3.21. The van der Waals surface area contributed by atoms with Gasteiger partial charge >= 0.3 is 5.97 Å². The third-order valence-electron chi connectivity index (χ3n) is 4.94. The second-order valence-corrected chi connectivity index (χ2v) is 6.85. The van der Waals surface area contributed by atoms with Crippen LogP contribution in [-0.4, -0.2) is 37.5 Å². The number of carbonyl (C=O) groups excluding carboxylic acids is 3. The second-order valence-electron chi connectivity index (χ2n) is 6.85. The summed E-state index contributed by atoms with van der Waals surface area (Å²) in [4.78, 5) is 38.6. The minimum atomic E-state index is -0.748. The molecule has 0 bridgehead atoms. The van der Waals surface area contributed by atoms with Crippen molar-refractivity contribution < 1.29 is 23.5 Å². The highest BCUT2D eigenvalue weighted by molar-refractivity contribution is 5.97. The SMILES string of the molecule is CCN(CC)c1ccc(C(=O)NNC(=O)COC(=O)c2oc3ccccc3c2C)cc1. The predicted molar refractivity (Wildman–Crippen MR) is 117 cm³/mol. The highest BCUT2D eigenvalue weighted by Gasteiger charge is 2.20. The molecule has 0 aliphatic carbocycles. The van der Waals surface area contributed by atoms with Crippen molar-refractivity contribution in [2.75, 3.05) is 24.6 Å². The van der Waals surface area contributed by atoms with Crippen LogP contribution in [0.5, 0.6) is 0 Å². The van der Waals surface area contributed by atoms with Crippen LogP contribution in [-0.2, 0) is 9.53 Å². The van der Waals surface area contributed by atoms with Crippen LogP contribution < -0.4 is 15.8 Å². The number of benzene rings is 2. The quantitative estimate of drug-likeness (QED) is 0.447. The first-order chi connectivity index (χ1) is 14.9. The maximum atomic E-state index is 12.2. The number of nitrogens with one attached hydrogen (secondary N) is 2. The topological polar surface area (TPSA) is 101 Å². The van der Waals surface area contributed by atoms with E-state index in [9.17, 15) is 14.4 Å². The molecule has 8 heteroatoms. The minimum absolute atomic E-state index is 0.0475. The van der Waals surface area contributed by atoms with Crippen molar-refractivity contribution in [1.29, 1.82) is 0 Å². The number of amides is 2. The van der Waals surface area contributed by atoms with E-state index in [1.165, 1.54) is 0 Å². The van der Waals surface area contributed by atoms with E-state index in [1.54, 1.807) is 31.2 Å². The van der Waals surface area contributed by atoms with Crippen molar-refractivity contribution in [2.24, 2.45) is 0 Å². The van der Waals surface area contributed by atoms with Gasteiger partial charge in [0.2, 0.25) is 5.76 Å². The average Bonchev–Trinajstić information content (AvgIpc) is 3.14. The van der Waals surface area contributed by atoms with Gasteiger partial charge < -0.3 is 14.1 Å². The molecule has 31 heavy (non-hydrogen) atoms. The number of furan rings is 1. The monoisotopic (exact) mass is 423 g/mol. The van der Waals surface area contributed by atoms with Gasteiger partial charge in [-0.05, 0) is 51.1 Å². The van der Waals surface area contributed by atoms with Crippen molar-refractivity contribution in [3.05, 3.63) is 65.4 Å². The Hall–Kier alpha value is -3.81. The highest BCUT2D eigenvalue weighted by Crippen LogP contribution is 2.25. The van der Waals surface area contributed by atoms with E-state index in [-0.39, 0.29) is 5.76 Å². The van der Waals surface area contributed by atoms with Crippen molar-refractivity contribution in [1.82, 2.24) is 10.9 Å². The largest absolute Gasteiger partial charge is 0.450 e. The molecular weight excluding hydrogens is 398 g/mol. The number of para-hydroxylation sites is 1. The Labute approximate surface area is 180 Å². The molecular formula is C23H25N3O5. The Morgan fingerprint density at radius 1 is 0.968 bits per heavy atom. The lowest BCUT2D eigenvalue weighted by molar-refractivity contribution is -0.125. The fraction of sp³-hybridized carbons (Fsp3) is 0.261. The summed E-state index contributed by atoms with van der Waals surface area (Å²) in [6.45, 7) is 7.03. The van der Waals surface area contributed by atoms with Crippen molar-refractivity contribution in [2.45, 2.75) is 20.8 Å². The lowest BCUT2D eigenvalue weighted by Crippen LogP contribution is -2.43. The molecule has 8 nitrogen and oxygen atoms in total. The summed E-state index contributed by atoms with van der Waals surface area (Å²) in [5.74, 6) is -1.84. The maximum absolute atomic E-state index is 12.2. The molecule has 0 aliphatic rings. The van der Waals surface area contributed by atoms with Gasteiger partial charge in [-0.2, -0.15) is 0 Å². The van der Waals surface area contributed by atoms with Gasteiger partial charge in [-0.25, -0.2) is 4.79 Å². The molecule has 3 rings (SSSR count). The number of aryl methyl sites for hydroxylation is 1. The van der Waals surface area contributed by atoms with Crippen LogP contribution in [0.4, 0.5) is 5.69 Å². The number of hydrogen-bond donors (Lipinski definition) is 2. The molecule has 2 amide bonds. The molecule has 0 atom stereocenters. The summed E-state index contributed by atoms with van der Waals surface area (Å²) >= 11 is 0. The van der Waals surface area contributed by atoms with E-state index in [4.69, 9.17) is 9.15 Å². The first-order valence-electron chi connectivity index (χ1n) is 10.0. The van der Waals surface area contributed by atoms with E-state index < -0.39 is 24.4 Å². The number of hydrogen-bond acceptors (Lipinski definition) is 6. The van der Waals surface area contributed by atoms with Gasteiger partial charge in [-0.15, -0.1) is 0 Å². The molecule has 0 spiro atoms. The summed E-state index contributed by atoms with van der Waals surface area (Å²) in [7, 11) is 0. The number of carbonyl (C=O) groups is 3. The molecule has 1 aromatic heterocycles. The van der Waals surface area contributed by atoms with Crippen molar-refractivity contribution >= 4 is 34.4 Å². The fourth-order valence-electron chi connectivity index (χ4n) is 3.21. The van der Waals surface area contributed by atoms with E-state index in [0.717, 1.165) is 24.2 Å². The summed E-state index contributed by atoms with van der Waals surface area (Å²) < 4.78 is 10.5. The Morgan fingerprint density at radius 2 is 1.65 bits per heavy atom. The first kappa shape index (κ1) is 21.9. The molecule has 0 radical (unpaired) electrons. The summed E-state index contributed by atoms with van der Waals surface area (Å²) in [5.41, 5.74) is 7.15. The van der Waals surface area contributed by atoms with Crippen LogP contribution in [0, 0.1) is 6.92 Å². The van der Waals surface area contributed by atoms with Crippen LogP contribution in [0.15, 0.2) is 52.9 Å². The van der Waals surface area contributed by atoms with Crippen LogP contribution in [0.1, 0.15) is 40.3 Å². The molecule has 0 fully saturated rings. The zero-order chi connectivity index (χ0) is 22.4. The van der Waals surface area contributed by atoms with E-state index >= 15 is 0 Å². The van der Waals surface area contributed by atoms with E-state index in [0.29, 0.717) is 16.7 Å². The standard InChI is InChI=1S/C23H25N3O5/c1-4-26(5-2)17-12-10-16(11-13-17)22(28)25-24-20(27)14-30-23(29)21-15(3)18-8-6-7-9-19(18)31-21/h6-13H,4-5,14H2,1-3H3,(H,24,27)(H,25,28). The Morgan fingerprint density at radius 3 is 2.29 bits per heavy atom. The number of fused-ring (bicyclic) bond motifs is 1. The lowest BCUT2D eigenvalue weighted by atomic mass is 10.1. The van der Waals surface area contributed by atoms with Crippen LogP contribution in [0.25, 0.3) is 11.0 Å². The summed E-state index contributed by atoms with van der Waals surface area (Å²) in [6.07, 6.45) is 0. The lowest BCUT2D eigenvalue weighted by Gasteiger charge is -2.21. The third-order valence-corrected chi connectivity index (χ3v) is 4.94. The van der Waals surface area contributed by atoms with Gasteiger partial charge in [-0.3, -0.25) is 20.4 Å². The number of rotatable bonds is 7. The van der Waals surface area contributed by atoms with Crippen molar-refractivity contribution in [3.63, 3.8) is 0 Å². The number of esters is 1. The highest BCUT2D eigenvalue weighted by atomic mass is 16.5. The Balaban J connectivity index is 1.50. The predicted octanol–water partition coefficient (Wildman–Crippen LogP) is 3.21. The van der Waals surface area contributed by atoms with Crippen LogP contribution in [0.2, 0.25) is 0 Å². The molecule has 2 aromatic carbocycles. The molecule has 3 aromatic rings. The number of nitrogens with zero attached hydrogens (tertiary/aromatic N) is 1. The minimum Gasteiger partial charge on any atom is -0.450 e. The second kappa shape index (κ2) is 9.80. The zero-order valence-electron chi connectivity index (χ0n) is 17.7. The van der Waals surface area contributed by atoms with Crippen LogP contribution in [0.3, 0.4) is 0 Å². The van der Waals surface area contributed by atoms with Crippen molar-refractivity contribution in [3.8, 4) is 0 Å². The van der Waals surface area contributed by atoms with Crippen LogP contribution >= 0.6 is 0 Å². The van der Waals surface area contributed by atoms with Gasteiger partial charge in [0.05, 0.1) is 0 Å². The van der Waals surface area contributed by atoms with Gasteiger partial charge in [0, 0.05) is 35.3 Å². The Bertz CT molecular complexity index is 1080. The van der Waals surface area contributed by atoms with Gasteiger partial charge in [0.15, 0.2) is 6.61 Å². The van der Waals surface area contributed by atoms with E-state index in [1.807, 2.05) is 24.3 Å². The van der Waals surface area contributed by atoms with E-state index in [2.05, 4.69) is 29.6 Å². The number of anilines is 1. The third kappa shape index (κ3) is 5.03. The molecule has 0 unspecified atom stereocenters. The molecule has 162 valence electrons. The molecule has 1 heterocycles. The first-order valence-corrected chi connectivity index (χ1v) is 10.0. The summed E-state index contributed by atoms with van der Waals surface area (Å²) in [6, 6.07) is 14.3. The zero-order valence-corrected chi connectivity index (χ0v) is 17.7. The molecule has 0 saturated heterocycles. The molecule has 0 aliphatic heterocycles. The van der Waals surface area contributed by atoms with Gasteiger partial charge in [0.25, 0.3) is 11.8 Å². The van der Waals surface area contributed by atoms with Gasteiger partial charge in [-0.1, -0.05) is 18.2 Å². The number of hydrazine groups is 1. The normalized spacial score (nSPS) is 10.5. The smallest absolute Gasteiger partial charge is 0.375 e. The van der Waals surface area contributed by atoms with Gasteiger partial charge in [0.1, 0.15) is 5.58 Å². The average molecular weight is 423 g/mol. The molecule has 2 N–H and O–H groups in total. The maximum Gasteiger partial charge on any atom is 0.375 e. The number of ether oxygens (including phenoxy) is 1.